The normalized spacial score (nSPS) is 10.7. The molecule has 0 N–H and O–H groups in total. The molecule has 0 bridgehead atoms. The summed E-state index contributed by atoms with van der Waals surface area (Å²) >= 11 is 1.68. The zero-order chi connectivity index (χ0) is 12.4. The van der Waals surface area contributed by atoms with Gasteiger partial charge in [-0.1, -0.05) is 41.9 Å². The summed E-state index contributed by atoms with van der Waals surface area (Å²) in [4.78, 5) is 0. The summed E-state index contributed by atoms with van der Waals surface area (Å²) < 4.78 is 9.29. The van der Waals surface area contributed by atoms with Gasteiger partial charge in [0.1, 0.15) is 5.58 Å². The molecule has 2 nitrogen and oxygen atoms in total. The first-order valence-corrected chi connectivity index (χ1v) is 6.58. The Morgan fingerprint density at radius 3 is 2.61 bits per heavy atom. The Kier molecular flexibility index (Phi) is 2.90. The topological polar surface area (TPSA) is 18.1 Å². The molecule has 90 valence electrons. The van der Waals surface area contributed by atoms with Crippen molar-refractivity contribution < 1.29 is 4.42 Å². The maximum atomic E-state index is 5.98. The van der Waals surface area contributed by atoms with Crippen molar-refractivity contribution in [3.63, 3.8) is 0 Å². The third kappa shape index (κ3) is 1.93. The molecule has 0 fully saturated rings. The van der Waals surface area contributed by atoms with Crippen LogP contribution in [-0.4, -0.2) is 3.96 Å². The summed E-state index contributed by atoms with van der Waals surface area (Å²) in [7, 11) is 0. The zero-order valence-corrected chi connectivity index (χ0v) is 10.7. The number of rotatable bonds is 2. The first kappa shape index (κ1) is 11.1. The van der Waals surface area contributed by atoms with Crippen LogP contribution in [0.1, 0.15) is 0 Å². The SMILES string of the molecule is C=CCn1sc2ccccc2oc2ccccc21. The fourth-order valence-corrected chi connectivity index (χ4v) is 2.90. The first-order valence-electron chi connectivity index (χ1n) is 5.81. The van der Waals surface area contributed by atoms with E-state index < -0.39 is 0 Å². The van der Waals surface area contributed by atoms with E-state index in [2.05, 4.69) is 22.7 Å². The number of hydrogen-bond donors (Lipinski definition) is 0. The number of para-hydroxylation sites is 3. The van der Waals surface area contributed by atoms with Gasteiger partial charge in [-0.05, 0) is 24.3 Å². The Morgan fingerprint density at radius 1 is 1.06 bits per heavy atom. The molecule has 0 aliphatic heterocycles. The van der Waals surface area contributed by atoms with Gasteiger partial charge >= 0.3 is 0 Å². The second-order valence-corrected chi connectivity index (χ2v) is 5.02. The highest BCUT2D eigenvalue weighted by Gasteiger charge is 2.01. The third-order valence-corrected chi connectivity index (χ3v) is 3.81. The molecule has 0 spiro atoms. The molecule has 1 heterocycles. The average Bonchev–Trinajstić information content (AvgIpc) is 2.56. The summed E-state index contributed by atoms with van der Waals surface area (Å²) in [6.45, 7) is 4.60. The van der Waals surface area contributed by atoms with Gasteiger partial charge in [-0.15, -0.1) is 6.58 Å². The summed E-state index contributed by atoms with van der Waals surface area (Å²) in [6.07, 6.45) is 1.90. The summed E-state index contributed by atoms with van der Waals surface area (Å²) in [5, 5.41) is 0. The molecule has 0 saturated heterocycles. The van der Waals surface area contributed by atoms with Crippen LogP contribution in [0.5, 0.6) is 0 Å². The fraction of sp³-hybridized carbons (Fsp3) is 0.0667. The molecule has 2 aromatic carbocycles. The van der Waals surface area contributed by atoms with Crippen LogP contribution in [-0.2, 0) is 6.54 Å². The quantitative estimate of drug-likeness (QED) is 0.604. The van der Waals surface area contributed by atoms with Crippen molar-refractivity contribution in [1.82, 2.24) is 3.96 Å². The first-order chi connectivity index (χ1) is 8.88. The molecule has 18 heavy (non-hydrogen) atoms. The van der Waals surface area contributed by atoms with E-state index in [9.17, 15) is 0 Å². The molecule has 0 atom stereocenters. The lowest BCUT2D eigenvalue weighted by atomic mass is 10.3. The number of hydrogen-bond acceptors (Lipinski definition) is 2. The van der Waals surface area contributed by atoms with Gasteiger partial charge in [-0.2, -0.15) is 0 Å². The largest absolute Gasteiger partial charge is 0.454 e. The number of aromatic nitrogens is 1. The van der Waals surface area contributed by atoms with Gasteiger partial charge in [0.15, 0.2) is 5.58 Å². The van der Waals surface area contributed by atoms with E-state index in [0.717, 1.165) is 27.9 Å². The monoisotopic (exact) mass is 255 g/mol. The molecule has 0 radical (unpaired) electrons. The van der Waals surface area contributed by atoms with Crippen molar-refractivity contribution >= 4 is 32.9 Å². The van der Waals surface area contributed by atoms with E-state index in [1.807, 2.05) is 42.5 Å². The fourth-order valence-electron chi connectivity index (χ4n) is 1.90. The minimum absolute atomic E-state index is 0.777. The highest BCUT2D eigenvalue weighted by Crippen LogP contribution is 2.23. The number of allylic oxidation sites excluding steroid dienone is 1. The standard InChI is InChI=1S/C15H13NOS/c1-2-11-16-12-7-3-4-8-13(12)17-14-9-5-6-10-15(14)18-16/h2-10H,1,11H2. The highest BCUT2D eigenvalue weighted by atomic mass is 32.1. The van der Waals surface area contributed by atoms with Crippen molar-refractivity contribution in [2.24, 2.45) is 0 Å². The minimum Gasteiger partial charge on any atom is -0.454 e. The van der Waals surface area contributed by atoms with Gasteiger partial charge < -0.3 is 4.42 Å². The smallest absolute Gasteiger partial charge is 0.151 e. The van der Waals surface area contributed by atoms with Crippen LogP contribution < -0.4 is 0 Å². The van der Waals surface area contributed by atoms with Crippen LogP contribution in [0.25, 0.3) is 21.4 Å². The van der Waals surface area contributed by atoms with E-state index in [1.54, 1.807) is 11.5 Å². The van der Waals surface area contributed by atoms with Crippen molar-refractivity contribution in [2.45, 2.75) is 6.54 Å². The van der Waals surface area contributed by atoms with E-state index >= 15 is 0 Å². The van der Waals surface area contributed by atoms with Crippen LogP contribution in [0.2, 0.25) is 0 Å². The van der Waals surface area contributed by atoms with Crippen molar-refractivity contribution in [3.8, 4) is 0 Å². The zero-order valence-electron chi connectivity index (χ0n) is 9.87. The van der Waals surface area contributed by atoms with Gasteiger partial charge in [-0.3, -0.25) is 3.96 Å². The Labute approximate surface area is 109 Å². The average molecular weight is 255 g/mol. The Morgan fingerprint density at radius 2 is 1.78 bits per heavy atom. The predicted octanol–water partition coefficient (Wildman–Crippen LogP) is 4.76. The molecule has 3 rings (SSSR count). The van der Waals surface area contributed by atoms with Crippen LogP contribution in [0.15, 0.2) is 65.6 Å². The molecule has 0 aliphatic carbocycles. The summed E-state index contributed by atoms with van der Waals surface area (Å²) in [6, 6.07) is 16.2. The second kappa shape index (κ2) is 4.70. The highest BCUT2D eigenvalue weighted by molar-refractivity contribution is 7.13. The van der Waals surface area contributed by atoms with Gasteiger partial charge in [0.25, 0.3) is 0 Å². The minimum atomic E-state index is 0.777. The number of benzene rings is 2. The van der Waals surface area contributed by atoms with Gasteiger partial charge in [0, 0.05) is 0 Å². The molecule has 0 saturated carbocycles. The Hall–Kier alpha value is -2.00. The molecule has 0 aliphatic rings. The Bertz CT molecular complexity index is 746. The van der Waals surface area contributed by atoms with E-state index in [1.165, 1.54) is 0 Å². The molecule has 3 heteroatoms. The molecule has 0 amide bonds. The molecule has 0 unspecified atom stereocenters. The predicted molar refractivity (Wildman–Crippen MR) is 77.4 cm³/mol. The lowest BCUT2D eigenvalue weighted by molar-refractivity contribution is 0.661. The maximum absolute atomic E-state index is 5.98. The van der Waals surface area contributed by atoms with Crippen LogP contribution >= 0.6 is 11.5 Å². The lowest BCUT2D eigenvalue weighted by Crippen LogP contribution is -1.91. The molecule has 1 aromatic heterocycles. The molecular formula is C15H13NOS. The van der Waals surface area contributed by atoms with E-state index in [-0.39, 0.29) is 0 Å². The number of nitrogens with zero attached hydrogens (tertiary/aromatic N) is 1. The van der Waals surface area contributed by atoms with Crippen LogP contribution in [0, 0.1) is 0 Å². The van der Waals surface area contributed by atoms with Gasteiger partial charge in [-0.25, -0.2) is 0 Å². The van der Waals surface area contributed by atoms with Crippen LogP contribution in [0.4, 0.5) is 0 Å². The Balaban J connectivity index is 2.50. The van der Waals surface area contributed by atoms with Crippen molar-refractivity contribution in [1.29, 1.82) is 0 Å². The number of fused-ring (bicyclic) bond motifs is 2. The van der Waals surface area contributed by atoms with Gasteiger partial charge in [0.05, 0.1) is 16.8 Å². The maximum Gasteiger partial charge on any atom is 0.151 e. The molecular weight excluding hydrogens is 242 g/mol. The lowest BCUT2D eigenvalue weighted by Gasteiger charge is -2.01. The summed E-state index contributed by atoms with van der Waals surface area (Å²) in [5.41, 5.74) is 2.87. The third-order valence-electron chi connectivity index (χ3n) is 2.71. The van der Waals surface area contributed by atoms with E-state index in [0.29, 0.717) is 0 Å². The second-order valence-electron chi connectivity index (χ2n) is 3.96. The van der Waals surface area contributed by atoms with Crippen molar-refractivity contribution in [2.75, 3.05) is 0 Å². The van der Waals surface area contributed by atoms with E-state index in [4.69, 9.17) is 4.42 Å². The van der Waals surface area contributed by atoms with Crippen LogP contribution in [0.3, 0.4) is 0 Å². The molecule has 3 aromatic rings. The van der Waals surface area contributed by atoms with Gasteiger partial charge in [0.2, 0.25) is 0 Å². The van der Waals surface area contributed by atoms with Crippen molar-refractivity contribution in [3.05, 3.63) is 61.2 Å². The summed E-state index contributed by atoms with van der Waals surface area (Å²) in [5.74, 6) is 0.